The van der Waals surface area contributed by atoms with Crippen molar-refractivity contribution in [1.29, 1.82) is 0 Å². The number of Topliss-reactive ketones (excluding diaryl/α,β-unsaturated/α-hetero) is 1. The van der Waals surface area contributed by atoms with Crippen molar-refractivity contribution in [1.82, 2.24) is 0 Å². The molecule has 0 bridgehead atoms. The average Bonchev–Trinajstić information content (AvgIpc) is 1.99. The average molecular weight is 198 g/mol. The van der Waals surface area contributed by atoms with Gasteiger partial charge in [-0.3, -0.25) is 4.79 Å². The monoisotopic (exact) mass is 198 g/mol. The smallest absolute Gasteiger partial charge is 0.184 e. The Hall–Kier alpha value is -0.673. The highest BCUT2D eigenvalue weighted by atomic mass is 28.4. The Labute approximate surface area is 81.4 Å². The molecule has 2 nitrogen and oxygen atoms in total. The summed E-state index contributed by atoms with van der Waals surface area (Å²) in [5.74, 6) is 0.0438. The van der Waals surface area contributed by atoms with Gasteiger partial charge in [-0.1, -0.05) is 18.7 Å². The molecule has 0 aromatic heterocycles. The van der Waals surface area contributed by atoms with Gasteiger partial charge in [0, 0.05) is 0 Å². The van der Waals surface area contributed by atoms with Gasteiger partial charge in [-0.15, -0.1) is 0 Å². The standard InChI is InChI=1S/C10H18O2Si/c1-6-7-9(2)10(11)8-12-13(3,4)5/h6-7H,1,8H2,2-5H3. The Bertz CT molecular complexity index is 224. The second kappa shape index (κ2) is 5.14. The molecule has 0 aliphatic heterocycles. The van der Waals surface area contributed by atoms with Crippen molar-refractivity contribution < 1.29 is 9.22 Å². The predicted octanol–water partition coefficient (Wildman–Crippen LogP) is 2.54. The Balaban J connectivity index is 4.03. The van der Waals surface area contributed by atoms with E-state index in [2.05, 4.69) is 26.2 Å². The van der Waals surface area contributed by atoms with Gasteiger partial charge in [0.1, 0.15) is 0 Å². The number of carbonyl (C=O) groups is 1. The summed E-state index contributed by atoms with van der Waals surface area (Å²) in [5, 5.41) is 0. The van der Waals surface area contributed by atoms with Gasteiger partial charge in [0.25, 0.3) is 0 Å². The number of allylic oxidation sites excluding steroid dienone is 2. The Morgan fingerprint density at radius 1 is 1.46 bits per heavy atom. The van der Waals surface area contributed by atoms with E-state index in [9.17, 15) is 4.79 Å². The van der Waals surface area contributed by atoms with Crippen LogP contribution in [0.4, 0.5) is 0 Å². The lowest BCUT2D eigenvalue weighted by atomic mass is 10.2. The largest absolute Gasteiger partial charge is 0.410 e. The van der Waals surface area contributed by atoms with E-state index in [4.69, 9.17) is 4.43 Å². The first kappa shape index (κ1) is 12.3. The molecular formula is C10H18O2Si. The quantitative estimate of drug-likeness (QED) is 0.385. The van der Waals surface area contributed by atoms with Gasteiger partial charge in [0.15, 0.2) is 14.1 Å². The van der Waals surface area contributed by atoms with E-state index < -0.39 is 8.32 Å². The molecular weight excluding hydrogens is 180 g/mol. The third kappa shape index (κ3) is 6.48. The molecule has 0 heterocycles. The number of hydrogen-bond acceptors (Lipinski definition) is 2. The van der Waals surface area contributed by atoms with E-state index in [0.29, 0.717) is 5.57 Å². The van der Waals surface area contributed by atoms with E-state index in [-0.39, 0.29) is 12.4 Å². The Morgan fingerprint density at radius 2 is 2.00 bits per heavy atom. The summed E-state index contributed by atoms with van der Waals surface area (Å²) in [6.45, 7) is 11.7. The normalized spacial score (nSPS) is 12.8. The molecule has 0 aromatic carbocycles. The lowest BCUT2D eigenvalue weighted by Gasteiger charge is -2.16. The minimum atomic E-state index is -1.56. The fraction of sp³-hybridized carbons (Fsp3) is 0.500. The van der Waals surface area contributed by atoms with Crippen LogP contribution in [0.2, 0.25) is 19.6 Å². The van der Waals surface area contributed by atoms with E-state index >= 15 is 0 Å². The van der Waals surface area contributed by atoms with Crippen LogP contribution in [0, 0.1) is 0 Å². The highest BCUT2D eigenvalue weighted by molar-refractivity contribution is 6.69. The molecule has 0 unspecified atom stereocenters. The van der Waals surface area contributed by atoms with Gasteiger partial charge in [-0.2, -0.15) is 0 Å². The zero-order valence-electron chi connectivity index (χ0n) is 8.89. The first-order chi connectivity index (χ1) is 5.87. The second-order valence-electron chi connectivity index (χ2n) is 3.91. The molecule has 0 rings (SSSR count). The van der Waals surface area contributed by atoms with Gasteiger partial charge in [-0.25, -0.2) is 0 Å². The third-order valence-electron chi connectivity index (χ3n) is 1.44. The molecule has 0 atom stereocenters. The van der Waals surface area contributed by atoms with Crippen LogP contribution in [0.5, 0.6) is 0 Å². The van der Waals surface area contributed by atoms with Crippen LogP contribution in [0.1, 0.15) is 6.92 Å². The van der Waals surface area contributed by atoms with Gasteiger partial charge in [0.2, 0.25) is 0 Å². The molecule has 3 heteroatoms. The lowest BCUT2D eigenvalue weighted by Crippen LogP contribution is -2.28. The second-order valence-corrected chi connectivity index (χ2v) is 8.42. The molecule has 74 valence electrons. The van der Waals surface area contributed by atoms with Crippen molar-refractivity contribution >= 4 is 14.1 Å². The van der Waals surface area contributed by atoms with Crippen molar-refractivity contribution in [3.8, 4) is 0 Å². The number of carbonyl (C=O) groups excluding carboxylic acids is 1. The van der Waals surface area contributed by atoms with Crippen LogP contribution in [0.15, 0.2) is 24.3 Å². The van der Waals surface area contributed by atoms with Crippen LogP contribution in [0.3, 0.4) is 0 Å². The molecule has 13 heavy (non-hydrogen) atoms. The van der Waals surface area contributed by atoms with E-state index in [1.54, 1.807) is 19.1 Å². The number of ketones is 1. The SMILES string of the molecule is C=CC=C(C)C(=O)CO[Si](C)(C)C. The van der Waals surface area contributed by atoms with Gasteiger partial charge < -0.3 is 4.43 Å². The topological polar surface area (TPSA) is 26.3 Å². The van der Waals surface area contributed by atoms with Crippen molar-refractivity contribution in [2.24, 2.45) is 0 Å². The highest BCUT2D eigenvalue weighted by Crippen LogP contribution is 2.04. The summed E-state index contributed by atoms with van der Waals surface area (Å²) < 4.78 is 5.47. The molecule has 0 saturated carbocycles. The number of hydrogen-bond donors (Lipinski definition) is 0. The molecule has 0 N–H and O–H groups in total. The van der Waals surface area contributed by atoms with Crippen molar-refractivity contribution in [3.63, 3.8) is 0 Å². The molecule has 0 aromatic rings. The maximum Gasteiger partial charge on any atom is 0.184 e. The summed E-state index contributed by atoms with van der Waals surface area (Å²) in [5.41, 5.74) is 0.702. The maximum absolute atomic E-state index is 11.4. The van der Waals surface area contributed by atoms with Gasteiger partial charge in [0.05, 0.1) is 6.61 Å². The summed E-state index contributed by atoms with van der Waals surface area (Å²) in [7, 11) is -1.56. The molecule has 0 spiro atoms. The molecule has 0 aliphatic rings. The molecule has 0 radical (unpaired) electrons. The zero-order valence-corrected chi connectivity index (χ0v) is 9.89. The molecule has 0 amide bonds. The summed E-state index contributed by atoms with van der Waals surface area (Å²) in [6, 6.07) is 0. The lowest BCUT2D eigenvalue weighted by molar-refractivity contribution is -0.117. The van der Waals surface area contributed by atoms with Crippen LogP contribution < -0.4 is 0 Å². The van der Waals surface area contributed by atoms with E-state index in [1.165, 1.54) is 0 Å². The van der Waals surface area contributed by atoms with Crippen LogP contribution in [-0.4, -0.2) is 20.7 Å². The van der Waals surface area contributed by atoms with Crippen LogP contribution in [0.25, 0.3) is 0 Å². The first-order valence-corrected chi connectivity index (χ1v) is 7.74. The third-order valence-corrected chi connectivity index (χ3v) is 2.45. The predicted molar refractivity (Wildman–Crippen MR) is 58.3 cm³/mol. The highest BCUT2D eigenvalue weighted by Gasteiger charge is 2.16. The summed E-state index contributed by atoms with van der Waals surface area (Å²) >= 11 is 0. The number of rotatable bonds is 5. The summed E-state index contributed by atoms with van der Waals surface area (Å²) in [4.78, 5) is 11.4. The van der Waals surface area contributed by atoms with Crippen LogP contribution in [-0.2, 0) is 9.22 Å². The van der Waals surface area contributed by atoms with Gasteiger partial charge >= 0.3 is 0 Å². The molecule has 0 saturated heterocycles. The fourth-order valence-corrected chi connectivity index (χ4v) is 1.23. The van der Waals surface area contributed by atoms with Crippen molar-refractivity contribution in [3.05, 3.63) is 24.3 Å². The minimum Gasteiger partial charge on any atom is -0.410 e. The molecule has 0 aliphatic carbocycles. The van der Waals surface area contributed by atoms with Gasteiger partial charge in [-0.05, 0) is 32.1 Å². The minimum absolute atomic E-state index is 0.0438. The maximum atomic E-state index is 11.4. The van der Waals surface area contributed by atoms with E-state index in [1.807, 2.05) is 0 Å². The first-order valence-electron chi connectivity index (χ1n) is 4.33. The van der Waals surface area contributed by atoms with Crippen molar-refractivity contribution in [2.75, 3.05) is 6.61 Å². The summed E-state index contributed by atoms with van der Waals surface area (Å²) in [6.07, 6.45) is 3.32. The van der Waals surface area contributed by atoms with Crippen LogP contribution >= 0.6 is 0 Å². The Morgan fingerprint density at radius 3 is 2.38 bits per heavy atom. The molecule has 0 fully saturated rings. The van der Waals surface area contributed by atoms with E-state index in [0.717, 1.165) is 0 Å². The van der Waals surface area contributed by atoms with Crippen molar-refractivity contribution in [2.45, 2.75) is 26.6 Å². The zero-order chi connectivity index (χ0) is 10.5. The fourth-order valence-electron chi connectivity index (χ4n) is 0.666. The Kier molecular flexibility index (Phi) is 4.88.